The highest BCUT2D eigenvalue weighted by Crippen LogP contribution is 2.25. The number of hydrogen-bond donors (Lipinski definition) is 1. The molecular weight excluding hydrogens is 260 g/mol. The summed E-state index contributed by atoms with van der Waals surface area (Å²) in [4.78, 5) is 15.9. The Morgan fingerprint density at radius 3 is 2.58 bits per heavy atom. The minimum absolute atomic E-state index is 0. The summed E-state index contributed by atoms with van der Waals surface area (Å²) in [6.07, 6.45) is 6.74. The molecule has 3 nitrogen and oxygen atoms in total. The molecule has 0 fully saturated rings. The molecule has 1 aromatic carbocycles. The van der Waals surface area contributed by atoms with Crippen LogP contribution in [0.1, 0.15) is 27.9 Å². The van der Waals surface area contributed by atoms with Crippen molar-refractivity contribution in [1.82, 2.24) is 4.98 Å². The summed E-state index contributed by atoms with van der Waals surface area (Å²) in [6, 6.07) is 9.60. The Bertz CT molecular complexity index is 584. The molecule has 1 heterocycles. The van der Waals surface area contributed by atoms with Crippen LogP contribution in [0.15, 0.2) is 42.7 Å². The zero-order valence-corrected chi connectivity index (χ0v) is 11.2. The third-order valence-corrected chi connectivity index (χ3v) is 3.30. The number of anilines is 1. The summed E-state index contributed by atoms with van der Waals surface area (Å²) in [5.41, 5.74) is 4.28. The summed E-state index contributed by atoms with van der Waals surface area (Å²) in [6.45, 7) is 0. The number of rotatable bonds is 2. The van der Waals surface area contributed by atoms with E-state index < -0.39 is 0 Å². The Morgan fingerprint density at radius 1 is 1.05 bits per heavy atom. The summed E-state index contributed by atoms with van der Waals surface area (Å²) in [5.74, 6) is -0.0876. The number of nitrogens with one attached hydrogen (secondary N) is 1. The predicted octanol–water partition coefficient (Wildman–Crippen LogP) is 3.24. The number of amides is 1. The lowest BCUT2D eigenvalue weighted by molar-refractivity contribution is 0.102. The van der Waals surface area contributed by atoms with E-state index in [1.54, 1.807) is 24.5 Å². The Labute approximate surface area is 118 Å². The van der Waals surface area contributed by atoms with Crippen LogP contribution in [0.3, 0.4) is 0 Å². The lowest BCUT2D eigenvalue weighted by Gasteiger charge is -2.07. The van der Waals surface area contributed by atoms with Crippen LogP contribution in [0.5, 0.6) is 0 Å². The van der Waals surface area contributed by atoms with Crippen molar-refractivity contribution in [3.63, 3.8) is 0 Å². The first-order chi connectivity index (χ1) is 8.83. The second-order valence-corrected chi connectivity index (χ2v) is 4.53. The molecule has 0 unspecified atom stereocenters. The highest BCUT2D eigenvalue weighted by molar-refractivity contribution is 6.04. The van der Waals surface area contributed by atoms with Gasteiger partial charge >= 0.3 is 0 Å². The van der Waals surface area contributed by atoms with Crippen LogP contribution in [0, 0.1) is 0 Å². The first-order valence-corrected chi connectivity index (χ1v) is 6.16. The molecule has 0 spiro atoms. The smallest absolute Gasteiger partial charge is 0.255 e. The molecule has 0 atom stereocenters. The van der Waals surface area contributed by atoms with Gasteiger partial charge in [-0.1, -0.05) is 6.07 Å². The number of pyridine rings is 1. The second kappa shape index (κ2) is 5.85. The topological polar surface area (TPSA) is 42.0 Å². The van der Waals surface area contributed by atoms with E-state index in [9.17, 15) is 4.79 Å². The van der Waals surface area contributed by atoms with Gasteiger partial charge in [0.15, 0.2) is 0 Å². The van der Waals surface area contributed by atoms with Gasteiger partial charge in [-0.15, -0.1) is 12.4 Å². The molecule has 1 amide bonds. The first kappa shape index (κ1) is 13.6. The van der Waals surface area contributed by atoms with Crippen molar-refractivity contribution in [2.45, 2.75) is 19.3 Å². The molecule has 3 rings (SSSR count). The molecule has 0 bridgehead atoms. The van der Waals surface area contributed by atoms with Crippen LogP contribution >= 0.6 is 12.4 Å². The Kier molecular flexibility index (Phi) is 4.17. The first-order valence-electron chi connectivity index (χ1n) is 6.16. The molecule has 1 aromatic heterocycles. The van der Waals surface area contributed by atoms with Gasteiger partial charge in [0.1, 0.15) is 0 Å². The molecule has 1 aliphatic rings. The fourth-order valence-corrected chi connectivity index (χ4v) is 2.36. The normalized spacial score (nSPS) is 12.4. The SMILES string of the molecule is Cl.O=C(Nc1ccc2c(c1)CCC2)c1ccncc1. The highest BCUT2D eigenvalue weighted by atomic mass is 35.5. The van der Waals surface area contributed by atoms with Gasteiger partial charge in [0, 0.05) is 23.6 Å². The number of hydrogen-bond acceptors (Lipinski definition) is 2. The van der Waals surface area contributed by atoms with Gasteiger partial charge in [-0.3, -0.25) is 9.78 Å². The molecule has 2 aromatic rings. The Balaban J connectivity index is 0.00000133. The third kappa shape index (κ3) is 2.93. The van der Waals surface area contributed by atoms with Crippen molar-refractivity contribution in [3.8, 4) is 0 Å². The fraction of sp³-hybridized carbons (Fsp3) is 0.200. The van der Waals surface area contributed by atoms with Crippen molar-refractivity contribution < 1.29 is 4.79 Å². The number of aryl methyl sites for hydroxylation is 2. The lowest BCUT2D eigenvalue weighted by Crippen LogP contribution is -2.11. The van der Waals surface area contributed by atoms with E-state index in [2.05, 4.69) is 22.4 Å². The summed E-state index contributed by atoms with van der Waals surface area (Å²) in [7, 11) is 0. The molecule has 98 valence electrons. The van der Waals surface area contributed by atoms with Crippen LogP contribution in [0.25, 0.3) is 0 Å². The number of halogens is 1. The number of fused-ring (bicyclic) bond motifs is 1. The number of benzene rings is 1. The predicted molar refractivity (Wildman–Crippen MR) is 77.9 cm³/mol. The molecule has 4 heteroatoms. The maximum absolute atomic E-state index is 12.0. The second-order valence-electron chi connectivity index (χ2n) is 4.53. The molecule has 0 radical (unpaired) electrons. The lowest BCUT2D eigenvalue weighted by atomic mass is 10.1. The molecule has 19 heavy (non-hydrogen) atoms. The minimum Gasteiger partial charge on any atom is -0.322 e. The monoisotopic (exact) mass is 274 g/mol. The summed E-state index contributed by atoms with van der Waals surface area (Å²) < 4.78 is 0. The molecule has 1 N–H and O–H groups in total. The number of aromatic nitrogens is 1. The van der Waals surface area contributed by atoms with E-state index in [1.165, 1.54) is 17.5 Å². The van der Waals surface area contributed by atoms with E-state index in [1.807, 2.05) is 6.07 Å². The average Bonchev–Trinajstić information content (AvgIpc) is 2.87. The van der Waals surface area contributed by atoms with Gasteiger partial charge in [0.05, 0.1) is 0 Å². The van der Waals surface area contributed by atoms with E-state index in [0.717, 1.165) is 18.5 Å². The average molecular weight is 275 g/mol. The third-order valence-electron chi connectivity index (χ3n) is 3.30. The maximum atomic E-state index is 12.0. The van der Waals surface area contributed by atoms with Crippen LogP contribution in [0.4, 0.5) is 5.69 Å². The zero-order chi connectivity index (χ0) is 12.4. The van der Waals surface area contributed by atoms with Gasteiger partial charge in [0.25, 0.3) is 5.91 Å². The maximum Gasteiger partial charge on any atom is 0.255 e. The quantitative estimate of drug-likeness (QED) is 0.913. The standard InChI is InChI=1S/C15H14N2O.ClH/c18-15(12-6-8-16-9-7-12)17-14-5-4-11-2-1-3-13(11)10-14;/h4-10H,1-3H2,(H,17,18);1H. The van der Waals surface area contributed by atoms with Crippen molar-refractivity contribution in [1.29, 1.82) is 0 Å². The van der Waals surface area contributed by atoms with Crippen molar-refractivity contribution in [2.75, 3.05) is 5.32 Å². The molecule has 0 saturated heterocycles. The number of carbonyl (C=O) groups is 1. The largest absolute Gasteiger partial charge is 0.322 e. The summed E-state index contributed by atoms with van der Waals surface area (Å²) in [5, 5.41) is 2.92. The highest BCUT2D eigenvalue weighted by Gasteiger charge is 2.12. The van der Waals surface area contributed by atoms with E-state index in [4.69, 9.17) is 0 Å². The van der Waals surface area contributed by atoms with Gasteiger partial charge in [-0.25, -0.2) is 0 Å². The van der Waals surface area contributed by atoms with Gasteiger partial charge in [-0.2, -0.15) is 0 Å². The van der Waals surface area contributed by atoms with Gasteiger partial charge < -0.3 is 5.32 Å². The van der Waals surface area contributed by atoms with Crippen LogP contribution in [-0.2, 0) is 12.8 Å². The number of carbonyl (C=O) groups excluding carboxylic acids is 1. The van der Waals surface area contributed by atoms with E-state index >= 15 is 0 Å². The molecular formula is C15H15ClN2O. The van der Waals surface area contributed by atoms with Crippen molar-refractivity contribution >= 4 is 24.0 Å². The van der Waals surface area contributed by atoms with Crippen molar-refractivity contribution in [3.05, 3.63) is 59.4 Å². The van der Waals surface area contributed by atoms with E-state index in [-0.39, 0.29) is 18.3 Å². The molecule has 0 saturated carbocycles. The van der Waals surface area contributed by atoms with Crippen LogP contribution < -0.4 is 5.32 Å². The van der Waals surface area contributed by atoms with Crippen LogP contribution in [-0.4, -0.2) is 10.9 Å². The van der Waals surface area contributed by atoms with Crippen molar-refractivity contribution in [2.24, 2.45) is 0 Å². The Morgan fingerprint density at radius 2 is 1.79 bits per heavy atom. The molecule has 1 aliphatic carbocycles. The van der Waals surface area contributed by atoms with E-state index in [0.29, 0.717) is 5.56 Å². The van der Waals surface area contributed by atoms with Gasteiger partial charge in [-0.05, 0) is 54.7 Å². The zero-order valence-electron chi connectivity index (χ0n) is 10.4. The minimum atomic E-state index is -0.0876. The van der Waals surface area contributed by atoms with Crippen LogP contribution in [0.2, 0.25) is 0 Å². The fourth-order valence-electron chi connectivity index (χ4n) is 2.36. The molecule has 0 aliphatic heterocycles. The Hall–Kier alpha value is -1.87. The van der Waals surface area contributed by atoms with Gasteiger partial charge in [0.2, 0.25) is 0 Å². The summed E-state index contributed by atoms with van der Waals surface area (Å²) >= 11 is 0. The number of nitrogens with zero attached hydrogens (tertiary/aromatic N) is 1.